The highest BCUT2D eigenvalue weighted by Gasteiger charge is 2.36. The van der Waals surface area contributed by atoms with Gasteiger partial charge in [-0.05, 0) is 48.9 Å². The summed E-state index contributed by atoms with van der Waals surface area (Å²) in [6, 6.07) is 9.29. The maximum Gasteiger partial charge on any atom is 0.426 e. The van der Waals surface area contributed by atoms with Crippen LogP contribution in [0.5, 0.6) is 5.75 Å². The van der Waals surface area contributed by atoms with Crippen molar-refractivity contribution in [3.05, 3.63) is 89.0 Å². The Kier molecular flexibility index (Phi) is 4.87. The third kappa shape index (κ3) is 3.77. The van der Waals surface area contributed by atoms with Gasteiger partial charge in [0.1, 0.15) is 0 Å². The van der Waals surface area contributed by atoms with Crippen molar-refractivity contribution in [2.24, 2.45) is 0 Å². The molecule has 0 saturated carbocycles. The van der Waals surface area contributed by atoms with Crippen LogP contribution in [0.4, 0.5) is 26.3 Å². The summed E-state index contributed by atoms with van der Waals surface area (Å²) < 4.78 is 87.6. The van der Waals surface area contributed by atoms with Gasteiger partial charge in [-0.15, -0.1) is 0 Å². The van der Waals surface area contributed by atoms with Crippen molar-refractivity contribution in [2.45, 2.75) is 13.0 Å². The largest absolute Gasteiger partial charge is 0.426 e. The van der Waals surface area contributed by atoms with Crippen molar-refractivity contribution in [1.82, 2.24) is 0 Å². The average molecular weight is 382 g/mol. The van der Waals surface area contributed by atoms with Gasteiger partial charge in [0.15, 0.2) is 23.2 Å². The minimum absolute atomic E-state index is 0.151. The Balaban J connectivity index is 1.95. The van der Waals surface area contributed by atoms with Gasteiger partial charge >= 0.3 is 6.11 Å². The monoisotopic (exact) mass is 382 g/mol. The molecule has 0 atom stereocenters. The molecule has 0 heterocycles. The van der Waals surface area contributed by atoms with Crippen molar-refractivity contribution in [2.75, 3.05) is 0 Å². The van der Waals surface area contributed by atoms with Crippen LogP contribution in [0, 0.1) is 30.2 Å². The van der Waals surface area contributed by atoms with Crippen LogP contribution >= 0.6 is 0 Å². The SMILES string of the molecule is Cc1ccc(C(F)(F)Oc2ccc(-c3ccc(F)c(F)c3)c(F)c2F)cc1. The van der Waals surface area contributed by atoms with Gasteiger partial charge in [-0.1, -0.05) is 23.8 Å². The van der Waals surface area contributed by atoms with E-state index in [2.05, 4.69) is 4.74 Å². The van der Waals surface area contributed by atoms with Crippen LogP contribution in [0.25, 0.3) is 11.1 Å². The second-order valence-electron chi connectivity index (χ2n) is 5.85. The molecule has 0 fully saturated rings. The van der Waals surface area contributed by atoms with E-state index in [-0.39, 0.29) is 5.56 Å². The highest BCUT2D eigenvalue weighted by molar-refractivity contribution is 5.65. The highest BCUT2D eigenvalue weighted by Crippen LogP contribution is 2.36. The molecule has 0 aliphatic carbocycles. The molecule has 0 radical (unpaired) electrons. The topological polar surface area (TPSA) is 9.23 Å². The number of hydrogen-bond donors (Lipinski definition) is 0. The molecule has 0 unspecified atom stereocenters. The summed E-state index contributed by atoms with van der Waals surface area (Å²) in [5.74, 6) is -6.59. The highest BCUT2D eigenvalue weighted by atomic mass is 19.3. The van der Waals surface area contributed by atoms with Crippen LogP contribution in [-0.4, -0.2) is 0 Å². The molecule has 3 aromatic rings. The van der Waals surface area contributed by atoms with Crippen molar-refractivity contribution >= 4 is 0 Å². The molecule has 0 N–H and O–H groups in total. The summed E-state index contributed by atoms with van der Waals surface area (Å²) >= 11 is 0. The minimum atomic E-state index is -3.90. The van der Waals surface area contributed by atoms with Gasteiger partial charge in [0.25, 0.3) is 0 Å². The zero-order chi connectivity index (χ0) is 19.8. The number of hydrogen-bond acceptors (Lipinski definition) is 1. The lowest BCUT2D eigenvalue weighted by Gasteiger charge is -2.19. The third-order valence-corrected chi connectivity index (χ3v) is 3.90. The molecule has 3 aromatic carbocycles. The molecular weight excluding hydrogens is 370 g/mol. The molecule has 0 spiro atoms. The molecule has 7 heteroatoms. The van der Waals surface area contributed by atoms with E-state index in [4.69, 9.17) is 0 Å². The smallest absolute Gasteiger partial charge is 0.426 e. The average Bonchev–Trinajstić information content (AvgIpc) is 2.62. The number of rotatable bonds is 4. The predicted octanol–water partition coefficient (Wildman–Crippen LogP) is 6.35. The van der Waals surface area contributed by atoms with Crippen molar-refractivity contribution in [1.29, 1.82) is 0 Å². The first kappa shape index (κ1) is 18.8. The van der Waals surface area contributed by atoms with Crippen molar-refractivity contribution < 1.29 is 31.1 Å². The lowest BCUT2D eigenvalue weighted by atomic mass is 10.0. The van der Waals surface area contributed by atoms with E-state index in [1.165, 1.54) is 12.1 Å². The maximum absolute atomic E-state index is 14.3. The maximum atomic E-state index is 14.3. The fraction of sp³-hybridized carbons (Fsp3) is 0.100. The first-order valence-electron chi connectivity index (χ1n) is 7.76. The number of halogens is 6. The molecule has 27 heavy (non-hydrogen) atoms. The zero-order valence-electron chi connectivity index (χ0n) is 13.9. The lowest BCUT2D eigenvalue weighted by Crippen LogP contribution is -2.22. The van der Waals surface area contributed by atoms with Gasteiger partial charge in [0, 0.05) is 5.56 Å². The summed E-state index contributed by atoms with van der Waals surface area (Å²) in [6.45, 7) is 1.70. The van der Waals surface area contributed by atoms with Gasteiger partial charge in [0.2, 0.25) is 5.82 Å². The molecule has 1 nitrogen and oxygen atoms in total. The first-order chi connectivity index (χ1) is 12.7. The number of ether oxygens (including phenoxy) is 1. The lowest BCUT2D eigenvalue weighted by molar-refractivity contribution is -0.187. The van der Waals surface area contributed by atoms with Crippen LogP contribution in [0.1, 0.15) is 11.1 Å². The Labute approximate surface area is 150 Å². The number of alkyl halides is 2. The van der Waals surface area contributed by atoms with E-state index in [1.807, 2.05) is 0 Å². The normalized spacial score (nSPS) is 11.5. The fourth-order valence-corrected chi connectivity index (χ4v) is 2.44. The van der Waals surface area contributed by atoms with Crippen LogP contribution in [0.3, 0.4) is 0 Å². The van der Waals surface area contributed by atoms with Gasteiger partial charge in [-0.25, -0.2) is 13.2 Å². The van der Waals surface area contributed by atoms with E-state index in [1.54, 1.807) is 6.92 Å². The molecule has 0 aromatic heterocycles. The number of benzene rings is 3. The summed E-state index contributed by atoms with van der Waals surface area (Å²) in [6.07, 6.45) is -3.90. The first-order valence-corrected chi connectivity index (χ1v) is 7.76. The van der Waals surface area contributed by atoms with Crippen molar-refractivity contribution in [3.8, 4) is 16.9 Å². The van der Waals surface area contributed by atoms with Crippen molar-refractivity contribution in [3.63, 3.8) is 0 Å². The summed E-state index contributed by atoms with van der Waals surface area (Å²) in [5, 5.41) is 0. The molecule has 3 rings (SSSR count). The molecule has 0 aliphatic heterocycles. The van der Waals surface area contributed by atoms with Crippen LogP contribution in [0.2, 0.25) is 0 Å². The fourth-order valence-electron chi connectivity index (χ4n) is 2.44. The standard InChI is InChI=1S/C20H12F6O/c1-11-2-5-13(6-3-11)20(25,26)27-17-9-7-14(18(23)19(17)24)12-4-8-15(21)16(22)10-12/h2-10H,1H3. The van der Waals surface area contributed by atoms with Crippen LogP contribution in [0.15, 0.2) is 54.6 Å². The summed E-state index contributed by atoms with van der Waals surface area (Å²) in [5.41, 5.74) is -0.361. The Morgan fingerprint density at radius 1 is 0.741 bits per heavy atom. The number of aryl methyl sites for hydroxylation is 1. The summed E-state index contributed by atoms with van der Waals surface area (Å²) in [7, 11) is 0. The molecule has 0 aliphatic rings. The Morgan fingerprint density at radius 3 is 2.04 bits per heavy atom. The van der Waals surface area contributed by atoms with E-state index < -0.39 is 46.3 Å². The molecule has 140 valence electrons. The Hall–Kier alpha value is -2.96. The molecular formula is C20H12F6O. The zero-order valence-corrected chi connectivity index (χ0v) is 13.9. The molecule has 0 amide bonds. The Bertz CT molecular complexity index is 983. The van der Waals surface area contributed by atoms with Gasteiger partial charge in [-0.3, -0.25) is 0 Å². The van der Waals surface area contributed by atoms with E-state index in [0.717, 1.165) is 42.0 Å². The van der Waals surface area contributed by atoms with Gasteiger partial charge in [0.05, 0.1) is 5.56 Å². The van der Waals surface area contributed by atoms with E-state index in [9.17, 15) is 26.3 Å². The minimum Gasteiger partial charge on any atom is -0.426 e. The third-order valence-electron chi connectivity index (χ3n) is 3.90. The van der Waals surface area contributed by atoms with Gasteiger partial charge in [-0.2, -0.15) is 13.2 Å². The summed E-state index contributed by atoms with van der Waals surface area (Å²) in [4.78, 5) is 0. The van der Waals surface area contributed by atoms with Gasteiger partial charge < -0.3 is 4.74 Å². The predicted molar refractivity (Wildman–Crippen MR) is 87.4 cm³/mol. The van der Waals surface area contributed by atoms with E-state index >= 15 is 0 Å². The quantitative estimate of drug-likeness (QED) is 0.478. The Morgan fingerprint density at radius 2 is 1.41 bits per heavy atom. The molecule has 0 bridgehead atoms. The van der Waals surface area contributed by atoms with Crippen LogP contribution < -0.4 is 4.74 Å². The second-order valence-corrected chi connectivity index (χ2v) is 5.85. The van der Waals surface area contributed by atoms with Crippen LogP contribution in [-0.2, 0) is 6.11 Å². The second kappa shape index (κ2) is 6.98. The molecule has 0 saturated heterocycles. The van der Waals surface area contributed by atoms with E-state index in [0.29, 0.717) is 6.07 Å².